The standard InChI is InChI=1S/C32H36N4O5S/c1-32(2,3)25-15-11-23(12-16-25)29(39)33-26-17-13-24(14-18-26)30(40)35-36-31(42)34-27(37)19-20-28(38)41-21-7-10-22-8-5-4-6-9-22/h4-6,8-9,11-18H,7,10,19-21H2,1-3H3,(H,33,39)(H,35,40)(H2,34,36,37,42). The van der Waals surface area contributed by atoms with E-state index in [-0.39, 0.29) is 35.9 Å². The number of amides is 3. The summed E-state index contributed by atoms with van der Waals surface area (Å²) in [6.45, 7) is 6.60. The number of hydrazine groups is 1. The average Bonchev–Trinajstić information content (AvgIpc) is 2.97. The number of anilines is 1. The zero-order valence-corrected chi connectivity index (χ0v) is 24.8. The fraction of sp³-hybridized carbons (Fsp3) is 0.281. The number of thiocarbonyl (C=S) groups is 1. The lowest BCUT2D eigenvalue weighted by molar-refractivity contribution is -0.145. The van der Waals surface area contributed by atoms with E-state index in [1.165, 1.54) is 5.56 Å². The number of rotatable bonds is 10. The van der Waals surface area contributed by atoms with Crippen molar-refractivity contribution < 1.29 is 23.9 Å². The van der Waals surface area contributed by atoms with Crippen LogP contribution in [0.5, 0.6) is 0 Å². The van der Waals surface area contributed by atoms with Gasteiger partial charge >= 0.3 is 5.97 Å². The third-order valence-electron chi connectivity index (χ3n) is 6.23. The van der Waals surface area contributed by atoms with Crippen LogP contribution >= 0.6 is 12.2 Å². The molecule has 0 bridgehead atoms. The molecule has 220 valence electrons. The Morgan fingerprint density at radius 1 is 0.762 bits per heavy atom. The van der Waals surface area contributed by atoms with Crippen LogP contribution in [-0.4, -0.2) is 35.4 Å². The van der Waals surface area contributed by atoms with Gasteiger partial charge in [-0.05, 0) is 78.0 Å². The molecule has 0 fully saturated rings. The van der Waals surface area contributed by atoms with Crippen LogP contribution in [0.15, 0.2) is 78.9 Å². The van der Waals surface area contributed by atoms with Crippen molar-refractivity contribution in [3.63, 3.8) is 0 Å². The number of carbonyl (C=O) groups excluding carboxylic acids is 4. The molecule has 0 aromatic heterocycles. The molecular weight excluding hydrogens is 552 g/mol. The molecule has 3 rings (SSSR count). The molecule has 42 heavy (non-hydrogen) atoms. The Bertz CT molecular complexity index is 1390. The van der Waals surface area contributed by atoms with Crippen LogP contribution in [0.4, 0.5) is 5.69 Å². The molecule has 4 N–H and O–H groups in total. The minimum atomic E-state index is -0.499. The van der Waals surface area contributed by atoms with Gasteiger partial charge in [0.25, 0.3) is 11.8 Å². The van der Waals surface area contributed by atoms with Crippen LogP contribution in [0.2, 0.25) is 0 Å². The minimum absolute atomic E-state index is 0.00568. The topological polar surface area (TPSA) is 126 Å². The lowest BCUT2D eigenvalue weighted by Crippen LogP contribution is -2.48. The molecule has 3 aromatic carbocycles. The van der Waals surface area contributed by atoms with Crippen molar-refractivity contribution in [2.75, 3.05) is 11.9 Å². The molecule has 9 nitrogen and oxygen atoms in total. The van der Waals surface area contributed by atoms with E-state index in [2.05, 4.69) is 42.3 Å². The summed E-state index contributed by atoms with van der Waals surface area (Å²) >= 11 is 5.03. The maximum Gasteiger partial charge on any atom is 0.306 e. The molecule has 0 unspecified atom stereocenters. The Kier molecular flexibility index (Phi) is 11.7. The number of esters is 1. The third-order valence-corrected chi connectivity index (χ3v) is 6.44. The van der Waals surface area contributed by atoms with Crippen LogP contribution in [-0.2, 0) is 26.2 Å². The van der Waals surface area contributed by atoms with Gasteiger partial charge < -0.3 is 15.4 Å². The Hall–Kier alpha value is -4.57. The van der Waals surface area contributed by atoms with Gasteiger partial charge in [0.15, 0.2) is 5.11 Å². The second-order valence-corrected chi connectivity index (χ2v) is 11.0. The zero-order chi connectivity index (χ0) is 30.5. The summed E-state index contributed by atoms with van der Waals surface area (Å²) in [6.07, 6.45) is 1.30. The summed E-state index contributed by atoms with van der Waals surface area (Å²) in [7, 11) is 0. The van der Waals surface area contributed by atoms with Crippen molar-refractivity contribution in [3.05, 3.63) is 101 Å². The predicted molar refractivity (Wildman–Crippen MR) is 166 cm³/mol. The zero-order valence-electron chi connectivity index (χ0n) is 24.0. The number of carbonyl (C=O) groups is 4. The smallest absolute Gasteiger partial charge is 0.306 e. The maximum absolute atomic E-state index is 12.6. The van der Waals surface area contributed by atoms with Gasteiger partial charge in [0.2, 0.25) is 5.91 Å². The van der Waals surface area contributed by atoms with Gasteiger partial charge in [-0.1, -0.05) is 63.2 Å². The number of hydrogen-bond donors (Lipinski definition) is 4. The fourth-order valence-corrected chi connectivity index (χ4v) is 4.00. The lowest BCUT2D eigenvalue weighted by Gasteiger charge is -2.19. The van der Waals surface area contributed by atoms with Gasteiger partial charge in [-0.15, -0.1) is 0 Å². The highest BCUT2D eigenvalue weighted by Gasteiger charge is 2.15. The van der Waals surface area contributed by atoms with E-state index in [9.17, 15) is 19.2 Å². The molecule has 0 aliphatic heterocycles. The summed E-state index contributed by atoms with van der Waals surface area (Å²) in [4.78, 5) is 49.0. The number of aryl methyl sites for hydroxylation is 1. The highest BCUT2D eigenvalue weighted by atomic mass is 32.1. The van der Waals surface area contributed by atoms with E-state index >= 15 is 0 Å². The van der Waals surface area contributed by atoms with Crippen molar-refractivity contribution in [3.8, 4) is 0 Å². The van der Waals surface area contributed by atoms with Gasteiger partial charge in [-0.2, -0.15) is 0 Å². The number of benzene rings is 3. The summed E-state index contributed by atoms with van der Waals surface area (Å²) in [5, 5.41) is 5.09. The second kappa shape index (κ2) is 15.4. The molecule has 3 amide bonds. The van der Waals surface area contributed by atoms with E-state index in [0.29, 0.717) is 23.2 Å². The van der Waals surface area contributed by atoms with E-state index in [0.717, 1.165) is 12.0 Å². The first-order chi connectivity index (χ1) is 20.0. The molecule has 10 heteroatoms. The van der Waals surface area contributed by atoms with Crippen molar-refractivity contribution in [1.29, 1.82) is 0 Å². The van der Waals surface area contributed by atoms with Crippen LogP contribution < -0.4 is 21.5 Å². The SMILES string of the molecule is CC(C)(C)c1ccc(C(=O)Nc2ccc(C(=O)NNC(=S)NC(=O)CCC(=O)OCCCc3ccccc3)cc2)cc1. The molecule has 0 spiro atoms. The van der Waals surface area contributed by atoms with Crippen LogP contribution in [0.3, 0.4) is 0 Å². The largest absolute Gasteiger partial charge is 0.466 e. The molecule has 0 aliphatic rings. The van der Waals surface area contributed by atoms with E-state index in [4.69, 9.17) is 17.0 Å². The molecule has 0 saturated heterocycles. The molecule has 0 heterocycles. The van der Waals surface area contributed by atoms with Crippen molar-refractivity contribution in [2.24, 2.45) is 0 Å². The molecule has 0 radical (unpaired) electrons. The summed E-state index contributed by atoms with van der Waals surface area (Å²) < 4.78 is 5.17. The van der Waals surface area contributed by atoms with E-state index < -0.39 is 17.8 Å². The third kappa shape index (κ3) is 10.8. The first kappa shape index (κ1) is 32.0. The average molecular weight is 589 g/mol. The maximum atomic E-state index is 12.6. The first-order valence-corrected chi connectivity index (χ1v) is 14.0. The highest BCUT2D eigenvalue weighted by Crippen LogP contribution is 2.22. The Morgan fingerprint density at radius 3 is 2.02 bits per heavy atom. The van der Waals surface area contributed by atoms with Crippen molar-refractivity contribution in [2.45, 2.75) is 51.9 Å². The molecule has 0 saturated carbocycles. The summed E-state index contributed by atoms with van der Waals surface area (Å²) in [5.41, 5.74) is 8.51. The summed E-state index contributed by atoms with van der Waals surface area (Å²) in [6, 6.07) is 23.6. The monoisotopic (exact) mass is 588 g/mol. The van der Waals surface area contributed by atoms with E-state index in [1.54, 1.807) is 36.4 Å². The second-order valence-electron chi connectivity index (χ2n) is 10.6. The quantitative estimate of drug-likeness (QED) is 0.116. The summed E-state index contributed by atoms with van der Waals surface area (Å²) in [5.74, 6) is -1.72. The number of nitrogens with one attached hydrogen (secondary N) is 4. The van der Waals surface area contributed by atoms with Gasteiger partial charge in [-0.3, -0.25) is 30.0 Å². The molecule has 0 aliphatic carbocycles. The highest BCUT2D eigenvalue weighted by molar-refractivity contribution is 7.80. The van der Waals surface area contributed by atoms with Crippen LogP contribution in [0.1, 0.15) is 71.9 Å². The van der Waals surface area contributed by atoms with Gasteiger partial charge in [0.1, 0.15) is 0 Å². The normalized spacial score (nSPS) is 10.7. The van der Waals surface area contributed by atoms with Crippen LogP contribution in [0.25, 0.3) is 0 Å². The van der Waals surface area contributed by atoms with Crippen LogP contribution in [0, 0.1) is 0 Å². The van der Waals surface area contributed by atoms with Crippen molar-refractivity contribution >= 4 is 46.7 Å². The number of hydrogen-bond acceptors (Lipinski definition) is 6. The molecular formula is C32H36N4O5S. The van der Waals surface area contributed by atoms with Gasteiger partial charge in [-0.25, -0.2) is 0 Å². The van der Waals surface area contributed by atoms with E-state index in [1.807, 2.05) is 42.5 Å². The Labute approximate surface area is 251 Å². The minimum Gasteiger partial charge on any atom is -0.466 e. The Morgan fingerprint density at radius 2 is 1.38 bits per heavy atom. The molecule has 3 aromatic rings. The first-order valence-electron chi connectivity index (χ1n) is 13.6. The van der Waals surface area contributed by atoms with Crippen molar-refractivity contribution in [1.82, 2.24) is 16.2 Å². The molecule has 0 atom stereocenters. The Balaban J connectivity index is 1.33. The number of ether oxygens (including phenoxy) is 1. The fourth-order valence-electron chi connectivity index (χ4n) is 3.83. The van der Waals surface area contributed by atoms with Gasteiger partial charge in [0.05, 0.1) is 13.0 Å². The van der Waals surface area contributed by atoms with Gasteiger partial charge in [0, 0.05) is 23.2 Å². The predicted octanol–water partition coefficient (Wildman–Crippen LogP) is 4.83. The lowest BCUT2D eigenvalue weighted by atomic mass is 9.87.